The van der Waals surface area contributed by atoms with Gasteiger partial charge in [0.1, 0.15) is 17.3 Å². The Morgan fingerprint density at radius 3 is 2.72 bits per heavy atom. The van der Waals surface area contributed by atoms with Crippen molar-refractivity contribution in [2.24, 2.45) is 0 Å². The Balaban J connectivity index is 2.39. The monoisotopic (exact) mass is 271 g/mol. The molecular weight excluding hydrogens is 250 g/mol. The van der Waals surface area contributed by atoms with Crippen LogP contribution in [0.5, 0.6) is 0 Å². The fourth-order valence-electron chi connectivity index (χ4n) is 1.81. The van der Waals surface area contributed by atoms with Gasteiger partial charge < -0.3 is 10.4 Å². The number of aromatic nitrogens is 2. The van der Waals surface area contributed by atoms with Crippen LogP contribution in [0.4, 0.5) is 5.82 Å². The Morgan fingerprint density at radius 1 is 1.22 bits per heavy atom. The topological polar surface area (TPSA) is 58.0 Å². The standard InChI is InChI=1S/C13H22ClN3O/c1-2-7-11-12(14)16-10-17-13(11)15-8-5-3-4-6-9-18/h10,18H,2-9H2,1H3,(H,15,16,17). The van der Waals surface area contributed by atoms with Gasteiger partial charge in [-0.15, -0.1) is 0 Å². The maximum absolute atomic E-state index is 8.68. The van der Waals surface area contributed by atoms with Crippen molar-refractivity contribution in [2.45, 2.75) is 45.4 Å². The first-order chi connectivity index (χ1) is 8.79. The van der Waals surface area contributed by atoms with Crippen molar-refractivity contribution in [1.29, 1.82) is 0 Å². The lowest BCUT2D eigenvalue weighted by atomic mass is 10.1. The first-order valence-corrected chi connectivity index (χ1v) is 7.01. The molecule has 1 rings (SSSR count). The molecule has 4 nitrogen and oxygen atoms in total. The number of rotatable bonds is 9. The summed E-state index contributed by atoms with van der Waals surface area (Å²) in [6, 6.07) is 0. The van der Waals surface area contributed by atoms with Gasteiger partial charge in [0, 0.05) is 18.7 Å². The van der Waals surface area contributed by atoms with Crippen LogP contribution in [-0.4, -0.2) is 28.2 Å². The van der Waals surface area contributed by atoms with E-state index in [9.17, 15) is 0 Å². The van der Waals surface area contributed by atoms with E-state index in [0.29, 0.717) is 5.15 Å². The molecule has 102 valence electrons. The second-order valence-electron chi connectivity index (χ2n) is 4.31. The van der Waals surface area contributed by atoms with Gasteiger partial charge in [-0.25, -0.2) is 9.97 Å². The van der Waals surface area contributed by atoms with Crippen LogP contribution in [0.2, 0.25) is 5.15 Å². The zero-order chi connectivity index (χ0) is 13.2. The van der Waals surface area contributed by atoms with Crippen molar-refractivity contribution in [3.8, 4) is 0 Å². The summed E-state index contributed by atoms with van der Waals surface area (Å²) < 4.78 is 0. The minimum Gasteiger partial charge on any atom is -0.396 e. The first kappa shape index (κ1) is 15.2. The Morgan fingerprint density at radius 2 is 2.00 bits per heavy atom. The van der Waals surface area contributed by atoms with Gasteiger partial charge in [-0.2, -0.15) is 0 Å². The third-order valence-corrected chi connectivity index (χ3v) is 3.10. The van der Waals surface area contributed by atoms with E-state index in [1.54, 1.807) is 0 Å². The smallest absolute Gasteiger partial charge is 0.137 e. The van der Waals surface area contributed by atoms with E-state index >= 15 is 0 Å². The molecule has 0 aromatic carbocycles. The summed E-state index contributed by atoms with van der Waals surface area (Å²) in [5, 5.41) is 12.5. The van der Waals surface area contributed by atoms with Crippen LogP contribution in [0.15, 0.2) is 6.33 Å². The van der Waals surface area contributed by atoms with Gasteiger partial charge in [0.2, 0.25) is 0 Å². The van der Waals surface area contributed by atoms with E-state index < -0.39 is 0 Å². The number of hydrogen-bond donors (Lipinski definition) is 2. The molecule has 0 saturated heterocycles. The molecule has 0 aliphatic carbocycles. The molecule has 0 unspecified atom stereocenters. The van der Waals surface area contributed by atoms with Gasteiger partial charge in [-0.1, -0.05) is 37.8 Å². The van der Waals surface area contributed by atoms with Crippen molar-refractivity contribution in [3.05, 3.63) is 17.0 Å². The van der Waals surface area contributed by atoms with Crippen molar-refractivity contribution in [3.63, 3.8) is 0 Å². The SMILES string of the molecule is CCCc1c(Cl)ncnc1NCCCCCCO. The largest absolute Gasteiger partial charge is 0.396 e. The van der Waals surface area contributed by atoms with Crippen LogP contribution in [0.1, 0.15) is 44.6 Å². The Bertz CT molecular complexity index is 347. The molecule has 0 aliphatic rings. The molecular formula is C13H22ClN3O. The highest BCUT2D eigenvalue weighted by Crippen LogP contribution is 2.21. The van der Waals surface area contributed by atoms with Crippen LogP contribution in [-0.2, 0) is 6.42 Å². The molecule has 1 aromatic rings. The van der Waals surface area contributed by atoms with Crippen molar-refractivity contribution < 1.29 is 5.11 Å². The third-order valence-electron chi connectivity index (χ3n) is 2.77. The average Bonchev–Trinajstić information content (AvgIpc) is 2.37. The van der Waals surface area contributed by atoms with Crippen LogP contribution in [0.25, 0.3) is 0 Å². The molecule has 0 amide bonds. The Labute approximate surface area is 114 Å². The molecule has 0 aliphatic heterocycles. The van der Waals surface area contributed by atoms with Gasteiger partial charge in [0.05, 0.1) is 0 Å². The number of anilines is 1. The highest BCUT2D eigenvalue weighted by molar-refractivity contribution is 6.30. The summed E-state index contributed by atoms with van der Waals surface area (Å²) in [6.45, 7) is 3.28. The van der Waals surface area contributed by atoms with Crippen LogP contribution < -0.4 is 5.32 Å². The Kier molecular flexibility index (Phi) is 7.69. The zero-order valence-electron chi connectivity index (χ0n) is 11.0. The number of nitrogens with zero attached hydrogens (tertiary/aromatic N) is 2. The second-order valence-corrected chi connectivity index (χ2v) is 4.66. The summed E-state index contributed by atoms with van der Waals surface area (Å²) in [5.41, 5.74) is 1.01. The van der Waals surface area contributed by atoms with Gasteiger partial charge >= 0.3 is 0 Å². The lowest BCUT2D eigenvalue weighted by Crippen LogP contribution is -2.07. The number of aliphatic hydroxyl groups is 1. The van der Waals surface area contributed by atoms with Gasteiger partial charge in [-0.05, 0) is 19.3 Å². The summed E-state index contributed by atoms with van der Waals surface area (Å²) in [4.78, 5) is 8.26. The maximum Gasteiger partial charge on any atom is 0.137 e. The molecule has 0 atom stereocenters. The average molecular weight is 272 g/mol. The predicted molar refractivity (Wildman–Crippen MR) is 75.1 cm³/mol. The van der Waals surface area contributed by atoms with Crippen molar-refractivity contribution >= 4 is 17.4 Å². The summed E-state index contributed by atoms with van der Waals surface area (Å²) in [5.74, 6) is 0.860. The van der Waals surface area contributed by atoms with Gasteiger partial charge in [0.25, 0.3) is 0 Å². The first-order valence-electron chi connectivity index (χ1n) is 6.63. The normalized spacial score (nSPS) is 10.6. The molecule has 0 saturated carbocycles. The summed E-state index contributed by atoms with van der Waals surface area (Å²) in [6.07, 6.45) is 7.58. The molecule has 0 bridgehead atoms. The summed E-state index contributed by atoms with van der Waals surface area (Å²) >= 11 is 6.07. The number of halogens is 1. The predicted octanol–water partition coefficient (Wildman–Crippen LogP) is 3.05. The number of aliphatic hydroxyl groups excluding tert-OH is 1. The summed E-state index contributed by atoms with van der Waals surface area (Å²) in [7, 11) is 0. The minimum absolute atomic E-state index is 0.287. The van der Waals surface area contributed by atoms with E-state index in [1.165, 1.54) is 6.33 Å². The zero-order valence-corrected chi connectivity index (χ0v) is 11.7. The lowest BCUT2D eigenvalue weighted by molar-refractivity contribution is 0.283. The number of hydrogen-bond acceptors (Lipinski definition) is 4. The van der Waals surface area contributed by atoms with E-state index in [4.69, 9.17) is 16.7 Å². The van der Waals surface area contributed by atoms with Crippen molar-refractivity contribution in [2.75, 3.05) is 18.5 Å². The van der Waals surface area contributed by atoms with Gasteiger partial charge in [-0.3, -0.25) is 0 Å². The number of unbranched alkanes of at least 4 members (excludes halogenated alkanes) is 3. The Hall–Kier alpha value is -0.870. The highest BCUT2D eigenvalue weighted by Gasteiger charge is 2.08. The fourth-order valence-corrected chi connectivity index (χ4v) is 2.04. The van der Waals surface area contributed by atoms with Crippen LogP contribution in [0, 0.1) is 0 Å². The quantitative estimate of drug-likeness (QED) is 0.535. The molecule has 18 heavy (non-hydrogen) atoms. The highest BCUT2D eigenvalue weighted by atomic mass is 35.5. The molecule has 1 aromatic heterocycles. The number of nitrogens with one attached hydrogen (secondary N) is 1. The van der Waals surface area contributed by atoms with Crippen LogP contribution >= 0.6 is 11.6 Å². The molecule has 0 radical (unpaired) electrons. The van der Waals surface area contributed by atoms with Gasteiger partial charge in [0.15, 0.2) is 0 Å². The van der Waals surface area contributed by atoms with E-state index in [2.05, 4.69) is 22.2 Å². The second kappa shape index (κ2) is 9.11. The third kappa shape index (κ3) is 5.19. The molecule has 5 heteroatoms. The maximum atomic E-state index is 8.68. The fraction of sp³-hybridized carbons (Fsp3) is 0.692. The minimum atomic E-state index is 0.287. The van der Waals surface area contributed by atoms with Crippen LogP contribution in [0.3, 0.4) is 0 Å². The van der Waals surface area contributed by atoms with E-state index in [0.717, 1.165) is 56.5 Å². The lowest BCUT2D eigenvalue weighted by Gasteiger charge is -2.10. The van der Waals surface area contributed by atoms with E-state index in [-0.39, 0.29) is 6.61 Å². The van der Waals surface area contributed by atoms with Crippen molar-refractivity contribution in [1.82, 2.24) is 9.97 Å². The molecule has 2 N–H and O–H groups in total. The molecule has 0 fully saturated rings. The molecule has 1 heterocycles. The molecule has 0 spiro atoms. The van der Waals surface area contributed by atoms with E-state index in [1.807, 2.05) is 0 Å².